The lowest BCUT2D eigenvalue weighted by atomic mass is 10.1. The monoisotopic (exact) mass is 352 g/mol. The Morgan fingerprint density at radius 1 is 1.16 bits per heavy atom. The molecular formula is C19H20N4OS. The van der Waals surface area contributed by atoms with E-state index in [0.29, 0.717) is 5.17 Å². The minimum absolute atomic E-state index is 0.0571. The summed E-state index contributed by atoms with van der Waals surface area (Å²) in [5.41, 5.74) is 2.56. The lowest BCUT2D eigenvalue weighted by Gasteiger charge is -2.16. The van der Waals surface area contributed by atoms with Gasteiger partial charge in [-0.25, -0.2) is 0 Å². The first-order valence-corrected chi connectivity index (χ1v) is 9.04. The molecule has 2 aromatic rings. The first kappa shape index (κ1) is 17.4. The molecule has 1 aliphatic rings. The number of hydrogen-bond donors (Lipinski definition) is 0. The third-order valence-electron chi connectivity index (χ3n) is 3.89. The molecular weight excluding hydrogens is 332 g/mol. The van der Waals surface area contributed by atoms with Gasteiger partial charge in [-0.1, -0.05) is 43.8 Å². The van der Waals surface area contributed by atoms with Gasteiger partial charge in [-0.3, -0.25) is 14.7 Å². The molecule has 1 amide bonds. The van der Waals surface area contributed by atoms with Gasteiger partial charge in [0.15, 0.2) is 5.17 Å². The van der Waals surface area contributed by atoms with E-state index in [0.717, 1.165) is 17.0 Å². The third-order valence-corrected chi connectivity index (χ3v) is 5.37. The number of nitrogens with zero attached hydrogens (tertiary/aromatic N) is 4. The number of amidine groups is 1. The maximum atomic E-state index is 12.8. The smallest absolute Gasteiger partial charge is 0.247 e. The quantitative estimate of drug-likeness (QED) is 0.618. The molecule has 1 saturated heterocycles. The summed E-state index contributed by atoms with van der Waals surface area (Å²) >= 11 is 1.47. The second kappa shape index (κ2) is 7.61. The van der Waals surface area contributed by atoms with E-state index in [9.17, 15) is 4.79 Å². The minimum atomic E-state index is -0.143. The van der Waals surface area contributed by atoms with Gasteiger partial charge in [0.1, 0.15) is 0 Å². The molecule has 2 heterocycles. The fourth-order valence-corrected chi connectivity index (χ4v) is 3.61. The van der Waals surface area contributed by atoms with E-state index in [2.05, 4.69) is 15.2 Å². The summed E-state index contributed by atoms with van der Waals surface area (Å²) in [4.78, 5) is 18.5. The maximum Gasteiger partial charge on any atom is 0.247 e. The number of carbonyl (C=O) groups excluding carboxylic acids is 1. The van der Waals surface area contributed by atoms with Gasteiger partial charge >= 0.3 is 0 Å². The average Bonchev–Trinajstić information content (AvgIpc) is 2.97. The van der Waals surface area contributed by atoms with Crippen molar-refractivity contribution in [3.05, 3.63) is 60.4 Å². The zero-order chi connectivity index (χ0) is 17.8. The second-order valence-corrected chi connectivity index (χ2v) is 7.20. The highest BCUT2D eigenvalue weighted by Gasteiger charge is 2.40. The van der Waals surface area contributed by atoms with Crippen molar-refractivity contribution < 1.29 is 4.79 Å². The fourth-order valence-electron chi connectivity index (χ4n) is 2.51. The van der Waals surface area contributed by atoms with Crippen LogP contribution in [0.1, 0.15) is 26.3 Å². The predicted octanol–water partition coefficient (Wildman–Crippen LogP) is 3.97. The van der Waals surface area contributed by atoms with E-state index in [-0.39, 0.29) is 17.1 Å². The standard InChI is InChI=1S/C19H20N4OS/c1-13(2)17-18(24)23(16-7-5-4-6-8-16)19(25-17)22-21-14(3)15-9-11-20-12-10-15/h4-13,17H,1-3H3/b21-14+,22-19+. The number of anilines is 1. The highest BCUT2D eigenvalue weighted by molar-refractivity contribution is 8.16. The lowest BCUT2D eigenvalue weighted by Crippen LogP contribution is -2.33. The molecule has 1 aromatic carbocycles. The molecule has 0 aliphatic carbocycles. The van der Waals surface area contributed by atoms with Crippen LogP contribution in [-0.2, 0) is 4.79 Å². The van der Waals surface area contributed by atoms with Crippen LogP contribution in [0.5, 0.6) is 0 Å². The molecule has 0 bridgehead atoms. The van der Waals surface area contributed by atoms with E-state index in [1.165, 1.54) is 11.8 Å². The number of rotatable bonds is 4. The van der Waals surface area contributed by atoms with Crippen molar-refractivity contribution in [2.75, 3.05) is 4.90 Å². The van der Waals surface area contributed by atoms with Crippen LogP contribution in [0.15, 0.2) is 65.1 Å². The molecule has 3 rings (SSSR count). The molecule has 1 aromatic heterocycles. The van der Waals surface area contributed by atoms with Crippen LogP contribution in [0.2, 0.25) is 0 Å². The van der Waals surface area contributed by atoms with E-state index < -0.39 is 0 Å². The number of amides is 1. The highest BCUT2D eigenvalue weighted by atomic mass is 32.2. The summed E-state index contributed by atoms with van der Waals surface area (Å²) in [5, 5.41) is 9.21. The normalized spacial score (nSPS) is 19.9. The summed E-state index contributed by atoms with van der Waals surface area (Å²) < 4.78 is 0. The number of benzene rings is 1. The van der Waals surface area contributed by atoms with Crippen molar-refractivity contribution in [3.8, 4) is 0 Å². The average molecular weight is 352 g/mol. The lowest BCUT2D eigenvalue weighted by molar-refractivity contribution is -0.117. The molecule has 128 valence electrons. The molecule has 25 heavy (non-hydrogen) atoms. The Morgan fingerprint density at radius 2 is 1.84 bits per heavy atom. The van der Waals surface area contributed by atoms with Crippen LogP contribution in [-0.4, -0.2) is 27.0 Å². The van der Waals surface area contributed by atoms with Crippen molar-refractivity contribution in [1.29, 1.82) is 0 Å². The summed E-state index contributed by atoms with van der Waals surface area (Å²) in [5.74, 6) is 0.281. The van der Waals surface area contributed by atoms with E-state index >= 15 is 0 Å². The Kier molecular flexibility index (Phi) is 5.28. The van der Waals surface area contributed by atoms with Crippen molar-refractivity contribution in [3.63, 3.8) is 0 Å². The largest absolute Gasteiger partial charge is 0.273 e. The van der Waals surface area contributed by atoms with Crippen LogP contribution >= 0.6 is 11.8 Å². The van der Waals surface area contributed by atoms with Crippen LogP contribution in [0.4, 0.5) is 5.69 Å². The van der Waals surface area contributed by atoms with Gasteiger partial charge < -0.3 is 0 Å². The third kappa shape index (κ3) is 3.79. The van der Waals surface area contributed by atoms with Gasteiger partial charge in [0.2, 0.25) is 5.91 Å². The van der Waals surface area contributed by atoms with E-state index in [1.54, 1.807) is 17.3 Å². The number of para-hydroxylation sites is 1. The molecule has 1 fully saturated rings. The number of carbonyl (C=O) groups is 1. The molecule has 0 saturated carbocycles. The Morgan fingerprint density at radius 3 is 2.48 bits per heavy atom. The summed E-state index contributed by atoms with van der Waals surface area (Å²) in [6.45, 7) is 5.99. The van der Waals surface area contributed by atoms with Gasteiger partial charge in [0.25, 0.3) is 0 Å². The molecule has 6 heteroatoms. The van der Waals surface area contributed by atoms with Gasteiger partial charge in [0.05, 0.1) is 16.6 Å². The zero-order valence-electron chi connectivity index (χ0n) is 14.5. The fraction of sp³-hybridized carbons (Fsp3) is 0.263. The maximum absolute atomic E-state index is 12.8. The van der Waals surface area contributed by atoms with Crippen molar-refractivity contribution in [2.24, 2.45) is 16.1 Å². The number of hydrogen-bond acceptors (Lipinski definition) is 5. The Balaban J connectivity index is 1.95. The van der Waals surface area contributed by atoms with Gasteiger partial charge in [0, 0.05) is 18.0 Å². The first-order chi connectivity index (χ1) is 12.1. The second-order valence-electron chi connectivity index (χ2n) is 6.10. The number of aromatic nitrogens is 1. The minimum Gasteiger partial charge on any atom is -0.273 e. The van der Waals surface area contributed by atoms with Crippen molar-refractivity contribution >= 4 is 34.2 Å². The van der Waals surface area contributed by atoms with Crippen LogP contribution < -0.4 is 4.90 Å². The van der Waals surface area contributed by atoms with Crippen LogP contribution in [0.3, 0.4) is 0 Å². The molecule has 0 radical (unpaired) electrons. The highest BCUT2D eigenvalue weighted by Crippen LogP contribution is 2.35. The molecule has 1 aliphatic heterocycles. The van der Waals surface area contributed by atoms with E-state index in [1.807, 2.05) is 63.2 Å². The SMILES string of the molecule is C/C(=N\N=C1\SC(C(C)C)C(=O)N1c1ccccc1)c1ccncc1. The Bertz CT molecular complexity index is 803. The Labute approximate surface area is 151 Å². The predicted molar refractivity (Wildman–Crippen MR) is 104 cm³/mol. The van der Waals surface area contributed by atoms with Crippen LogP contribution in [0, 0.1) is 5.92 Å². The zero-order valence-corrected chi connectivity index (χ0v) is 15.3. The van der Waals surface area contributed by atoms with Crippen molar-refractivity contribution in [1.82, 2.24) is 4.98 Å². The van der Waals surface area contributed by atoms with Crippen molar-refractivity contribution in [2.45, 2.75) is 26.0 Å². The summed E-state index contributed by atoms with van der Waals surface area (Å²) in [6.07, 6.45) is 3.45. The molecule has 5 nitrogen and oxygen atoms in total. The molecule has 0 N–H and O–H groups in total. The number of pyridine rings is 1. The topological polar surface area (TPSA) is 57.9 Å². The van der Waals surface area contributed by atoms with Gasteiger partial charge in [-0.2, -0.15) is 5.10 Å². The first-order valence-electron chi connectivity index (χ1n) is 8.16. The molecule has 1 unspecified atom stereocenters. The summed E-state index contributed by atoms with van der Waals surface area (Å²) in [6, 6.07) is 13.4. The van der Waals surface area contributed by atoms with Gasteiger partial charge in [-0.05, 0) is 37.1 Å². The number of thioether (sulfide) groups is 1. The Hall–Kier alpha value is -2.47. The molecule has 0 spiro atoms. The van der Waals surface area contributed by atoms with E-state index in [4.69, 9.17) is 0 Å². The van der Waals surface area contributed by atoms with Crippen LogP contribution in [0.25, 0.3) is 0 Å². The summed E-state index contributed by atoms with van der Waals surface area (Å²) in [7, 11) is 0. The molecule has 1 atom stereocenters. The van der Waals surface area contributed by atoms with Gasteiger partial charge in [-0.15, -0.1) is 5.10 Å².